The Morgan fingerprint density at radius 3 is 2.27 bits per heavy atom. The molecule has 1 saturated carbocycles. The summed E-state index contributed by atoms with van der Waals surface area (Å²) in [5.41, 5.74) is 5.73. The molecular formula is C33H38N2O2. The van der Waals surface area contributed by atoms with Gasteiger partial charge in [-0.15, -0.1) is 0 Å². The van der Waals surface area contributed by atoms with Crippen molar-refractivity contribution in [2.24, 2.45) is 5.92 Å². The van der Waals surface area contributed by atoms with Gasteiger partial charge in [0, 0.05) is 17.8 Å². The van der Waals surface area contributed by atoms with E-state index in [2.05, 4.69) is 71.4 Å². The van der Waals surface area contributed by atoms with Crippen LogP contribution in [0, 0.1) is 12.8 Å². The maximum atomic E-state index is 13.8. The molecule has 1 heterocycles. The van der Waals surface area contributed by atoms with E-state index < -0.39 is 6.04 Å². The summed E-state index contributed by atoms with van der Waals surface area (Å²) >= 11 is 0. The Morgan fingerprint density at radius 1 is 0.892 bits per heavy atom. The SMILES string of the molecule is Cc1cc2ccccc2n1Cc1ccc(C(C(=O)N[C@@H](CO)c2ccccc2)C2CCCCCC2)cc1. The fourth-order valence-electron chi connectivity index (χ4n) is 6.03. The quantitative estimate of drug-likeness (QED) is 0.262. The number of benzene rings is 3. The van der Waals surface area contributed by atoms with Crippen molar-refractivity contribution in [1.29, 1.82) is 0 Å². The highest BCUT2D eigenvalue weighted by Crippen LogP contribution is 2.36. The molecule has 3 aromatic carbocycles. The summed E-state index contributed by atoms with van der Waals surface area (Å²) in [7, 11) is 0. The number of nitrogens with one attached hydrogen (secondary N) is 1. The van der Waals surface area contributed by atoms with Gasteiger partial charge in [0.15, 0.2) is 0 Å². The number of rotatable bonds is 8. The number of para-hydroxylation sites is 1. The van der Waals surface area contributed by atoms with E-state index >= 15 is 0 Å². The normalized spacial score (nSPS) is 16.3. The molecule has 0 radical (unpaired) electrons. The second-order valence-corrected chi connectivity index (χ2v) is 10.6. The highest BCUT2D eigenvalue weighted by molar-refractivity contribution is 5.84. The summed E-state index contributed by atoms with van der Waals surface area (Å²) in [6.45, 7) is 2.85. The predicted octanol–water partition coefficient (Wildman–Crippen LogP) is 6.90. The number of hydrogen-bond donors (Lipinski definition) is 2. The first-order valence-corrected chi connectivity index (χ1v) is 13.7. The zero-order valence-electron chi connectivity index (χ0n) is 21.8. The van der Waals surface area contributed by atoms with Gasteiger partial charge >= 0.3 is 0 Å². The number of aliphatic hydroxyl groups is 1. The van der Waals surface area contributed by atoms with Gasteiger partial charge < -0.3 is 15.0 Å². The molecule has 4 nitrogen and oxygen atoms in total. The third-order valence-corrected chi connectivity index (χ3v) is 8.05. The van der Waals surface area contributed by atoms with E-state index in [1.165, 1.54) is 47.8 Å². The number of carbonyl (C=O) groups is 1. The van der Waals surface area contributed by atoms with Crippen LogP contribution in [0.1, 0.15) is 72.9 Å². The summed E-state index contributed by atoms with van der Waals surface area (Å²) in [5, 5.41) is 14.5. The highest BCUT2D eigenvalue weighted by Gasteiger charge is 2.31. The molecule has 37 heavy (non-hydrogen) atoms. The van der Waals surface area contributed by atoms with Gasteiger partial charge in [-0.25, -0.2) is 0 Å². The van der Waals surface area contributed by atoms with E-state index in [0.717, 1.165) is 30.5 Å². The topological polar surface area (TPSA) is 54.3 Å². The Labute approximate surface area is 220 Å². The molecular weight excluding hydrogens is 456 g/mol. The first-order valence-electron chi connectivity index (χ1n) is 13.7. The Kier molecular flexibility index (Phi) is 8.05. The van der Waals surface area contributed by atoms with Crippen LogP contribution in [-0.2, 0) is 11.3 Å². The van der Waals surface area contributed by atoms with Crippen LogP contribution in [-0.4, -0.2) is 22.2 Å². The molecule has 1 aromatic heterocycles. The summed E-state index contributed by atoms with van der Waals surface area (Å²) in [5.74, 6) is 0.132. The lowest BCUT2D eigenvalue weighted by Gasteiger charge is -2.28. The van der Waals surface area contributed by atoms with E-state index in [-0.39, 0.29) is 18.4 Å². The standard InChI is InChI=1S/C33H38N2O2/c1-24-21-29-15-9-10-16-31(29)35(24)22-25-17-19-28(20-18-25)32(27-13-5-2-3-6-14-27)33(37)34-30(23-36)26-11-7-4-8-12-26/h4,7-12,15-21,27,30,32,36H,2-3,5-6,13-14,22-23H2,1H3,(H,34,37)/t30-,32?/m0/s1. The number of aliphatic hydroxyl groups excluding tert-OH is 1. The number of aromatic nitrogens is 1. The minimum absolute atomic E-state index is 0.0230. The molecule has 4 heteroatoms. The Bertz CT molecular complexity index is 1300. The molecule has 4 aromatic rings. The first kappa shape index (κ1) is 25.3. The molecule has 1 unspecified atom stereocenters. The van der Waals surface area contributed by atoms with Crippen LogP contribution in [0.3, 0.4) is 0 Å². The van der Waals surface area contributed by atoms with Gasteiger partial charge in [0.2, 0.25) is 5.91 Å². The van der Waals surface area contributed by atoms with Gasteiger partial charge in [-0.05, 0) is 59.9 Å². The number of nitrogens with zero attached hydrogens (tertiary/aromatic N) is 1. The van der Waals surface area contributed by atoms with E-state index in [4.69, 9.17) is 0 Å². The van der Waals surface area contributed by atoms with Gasteiger partial charge in [-0.2, -0.15) is 0 Å². The van der Waals surface area contributed by atoms with Crippen molar-refractivity contribution in [2.75, 3.05) is 6.61 Å². The second-order valence-electron chi connectivity index (χ2n) is 10.6. The molecule has 1 aliphatic rings. The maximum absolute atomic E-state index is 13.8. The molecule has 192 valence electrons. The van der Waals surface area contributed by atoms with Gasteiger partial charge in [-0.1, -0.05) is 98.5 Å². The minimum Gasteiger partial charge on any atom is -0.394 e. The first-order chi connectivity index (χ1) is 18.1. The van der Waals surface area contributed by atoms with Crippen LogP contribution in [0.4, 0.5) is 0 Å². The van der Waals surface area contributed by atoms with Crippen LogP contribution in [0.5, 0.6) is 0 Å². The average molecular weight is 495 g/mol. The zero-order chi connectivity index (χ0) is 25.6. The predicted molar refractivity (Wildman–Crippen MR) is 151 cm³/mol. The van der Waals surface area contributed by atoms with Crippen LogP contribution in [0.15, 0.2) is 84.9 Å². The minimum atomic E-state index is -0.397. The second kappa shape index (κ2) is 11.8. The van der Waals surface area contributed by atoms with Crippen molar-refractivity contribution < 1.29 is 9.90 Å². The van der Waals surface area contributed by atoms with Crippen molar-refractivity contribution in [3.8, 4) is 0 Å². The lowest BCUT2D eigenvalue weighted by Crippen LogP contribution is -2.37. The average Bonchev–Trinajstić information content (AvgIpc) is 3.07. The molecule has 5 rings (SSSR count). The molecule has 2 N–H and O–H groups in total. The van der Waals surface area contributed by atoms with Gasteiger partial charge in [0.05, 0.1) is 18.6 Å². The lowest BCUT2D eigenvalue weighted by molar-refractivity contribution is -0.125. The number of amides is 1. The molecule has 0 saturated heterocycles. The number of hydrogen-bond acceptors (Lipinski definition) is 2. The summed E-state index contributed by atoms with van der Waals surface area (Å²) in [6, 6.07) is 28.8. The van der Waals surface area contributed by atoms with Crippen molar-refractivity contribution in [3.63, 3.8) is 0 Å². The van der Waals surface area contributed by atoms with Crippen LogP contribution in [0.25, 0.3) is 10.9 Å². The van der Waals surface area contributed by atoms with E-state index in [1.807, 2.05) is 30.3 Å². The van der Waals surface area contributed by atoms with Gasteiger partial charge in [0.1, 0.15) is 0 Å². The smallest absolute Gasteiger partial charge is 0.228 e. The Morgan fingerprint density at radius 2 is 1.57 bits per heavy atom. The number of fused-ring (bicyclic) bond motifs is 1. The monoisotopic (exact) mass is 494 g/mol. The molecule has 1 fully saturated rings. The van der Waals surface area contributed by atoms with Crippen molar-refractivity contribution in [3.05, 3.63) is 107 Å². The highest BCUT2D eigenvalue weighted by atomic mass is 16.3. The Hall–Kier alpha value is -3.37. The third kappa shape index (κ3) is 5.80. The van der Waals surface area contributed by atoms with E-state index in [1.54, 1.807) is 0 Å². The molecule has 0 aliphatic heterocycles. The van der Waals surface area contributed by atoms with Crippen LogP contribution in [0.2, 0.25) is 0 Å². The summed E-state index contributed by atoms with van der Waals surface area (Å²) < 4.78 is 2.35. The fraction of sp³-hybridized carbons (Fsp3) is 0.364. The van der Waals surface area contributed by atoms with Gasteiger partial charge in [0.25, 0.3) is 0 Å². The van der Waals surface area contributed by atoms with E-state index in [0.29, 0.717) is 5.92 Å². The molecule has 1 amide bonds. The molecule has 2 atom stereocenters. The summed E-state index contributed by atoms with van der Waals surface area (Å²) in [4.78, 5) is 13.8. The fourth-order valence-corrected chi connectivity index (χ4v) is 6.03. The third-order valence-electron chi connectivity index (χ3n) is 8.05. The van der Waals surface area contributed by atoms with E-state index in [9.17, 15) is 9.90 Å². The molecule has 0 bridgehead atoms. The molecule has 1 aliphatic carbocycles. The largest absolute Gasteiger partial charge is 0.394 e. The number of aryl methyl sites for hydroxylation is 1. The lowest BCUT2D eigenvalue weighted by atomic mass is 9.80. The number of carbonyl (C=O) groups excluding carboxylic acids is 1. The zero-order valence-corrected chi connectivity index (χ0v) is 21.8. The van der Waals surface area contributed by atoms with Crippen LogP contribution < -0.4 is 5.32 Å². The van der Waals surface area contributed by atoms with Gasteiger partial charge in [-0.3, -0.25) is 4.79 Å². The molecule has 0 spiro atoms. The summed E-state index contributed by atoms with van der Waals surface area (Å²) in [6.07, 6.45) is 6.99. The maximum Gasteiger partial charge on any atom is 0.228 e. The van der Waals surface area contributed by atoms with Crippen molar-refractivity contribution in [2.45, 2.75) is 64.0 Å². The van der Waals surface area contributed by atoms with Crippen LogP contribution >= 0.6 is 0 Å². The van der Waals surface area contributed by atoms with Crippen molar-refractivity contribution in [1.82, 2.24) is 9.88 Å². The van der Waals surface area contributed by atoms with Crippen molar-refractivity contribution >= 4 is 16.8 Å². The Balaban J connectivity index is 1.40.